The lowest BCUT2D eigenvalue weighted by Gasteiger charge is -2.04. The molecule has 0 heterocycles. The molecule has 0 saturated heterocycles. The highest BCUT2D eigenvalue weighted by molar-refractivity contribution is 5.47. The third-order valence-corrected chi connectivity index (χ3v) is 1.44. The van der Waals surface area contributed by atoms with Gasteiger partial charge in [0, 0.05) is 6.07 Å². The summed E-state index contributed by atoms with van der Waals surface area (Å²) in [6.45, 7) is 3.84. The van der Waals surface area contributed by atoms with Crippen LogP contribution in [0.5, 0.6) is 11.5 Å². The highest BCUT2D eigenvalue weighted by atomic mass is 16.5. The van der Waals surface area contributed by atoms with E-state index in [0.717, 1.165) is 0 Å². The van der Waals surface area contributed by atoms with E-state index in [-0.39, 0.29) is 5.75 Å². The number of ether oxygens (including phenoxy) is 1. The number of phenolic OH excluding ortho intramolecular Hbond substituents is 1. The Hall–Kier alpha value is -1.95. The molecule has 0 spiro atoms. The van der Waals surface area contributed by atoms with Crippen LogP contribution >= 0.6 is 0 Å². The van der Waals surface area contributed by atoms with Gasteiger partial charge in [0.1, 0.15) is 24.2 Å². The summed E-state index contributed by atoms with van der Waals surface area (Å²) in [5.74, 6) is 0.516. The van der Waals surface area contributed by atoms with Crippen LogP contribution in [0.1, 0.15) is 5.56 Å². The molecule has 0 unspecified atom stereocenters. The second-order valence-corrected chi connectivity index (χ2v) is 2.39. The maximum Gasteiger partial charge on any atom is 0.137 e. The van der Waals surface area contributed by atoms with Gasteiger partial charge >= 0.3 is 0 Å². The topological polar surface area (TPSA) is 53.2 Å². The smallest absolute Gasteiger partial charge is 0.137 e. The molecule has 0 amide bonds. The van der Waals surface area contributed by atoms with Crippen LogP contribution < -0.4 is 4.74 Å². The molecule has 1 N–H and O–H groups in total. The van der Waals surface area contributed by atoms with Crippen molar-refractivity contribution >= 4 is 0 Å². The summed E-state index contributed by atoms with van der Waals surface area (Å²) in [7, 11) is 0. The molecule has 0 aliphatic rings. The first-order valence-corrected chi connectivity index (χ1v) is 3.74. The first-order valence-electron chi connectivity index (χ1n) is 3.74. The minimum atomic E-state index is 0.0579. The van der Waals surface area contributed by atoms with Crippen LogP contribution in [0.2, 0.25) is 0 Å². The van der Waals surface area contributed by atoms with E-state index in [1.54, 1.807) is 12.1 Å². The molecule has 0 aliphatic carbocycles. The Labute approximate surface area is 76.5 Å². The molecule has 13 heavy (non-hydrogen) atoms. The van der Waals surface area contributed by atoms with Gasteiger partial charge in [-0.1, -0.05) is 12.7 Å². The number of aromatic hydroxyl groups is 1. The molecule has 0 aromatic heterocycles. The van der Waals surface area contributed by atoms with Crippen molar-refractivity contribution < 1.29 is 9.84 Å². The third kappa shape index (κ3) is 2.24. The molecule has 0 aliphatic heterocycles. The zero-order chi connectivity index (χ0) is 9.68. The Kier molecular flexibility index (Phi) is 2.93. The Morgan fingerprint density at radius 3 is 3.00 bits per heavy atom. The van der Waals surface area contributed by atoms with E-state index in [4.69, 9.17) is 15.1 Å². The zero-order valence-corrected chi connectivity index (χ0v) is 7.03. The fourth-order valence-corrected chi connectivity index (χ4v) is 0.880. The highest BCUT2D eigenvalue weighted by Gasteiger charge is 2.02. The van der Waals surface area contributed by atoms with Gasteiger partial charge in [0.2, 0.25) is 0 Å². The van der Waals surface area contributed by atoms with Crippen LogP contribution in [0.25, 0.3) is 0 Å². The van der Waals surface area contributed by atoms with E-state index < -0.39 is 0 Å². The van der Waals surface area contributed by atoms with Gasteiger partial charge in [0.05, 0.1) is 5.56 Å². The fourth-order valence-electron chi connectivity index (χ4n) is 0.880. The number of hydrogen-bond donors (Lipinski definition) is 1. The SMILES string of the molecule is C=CCOc1ccc(O)cc1C#N. The Morgan fingerprint density at radius 2 is 2.38 bits per heavy atom. The van der Waals surface area contributed by atoms with Crippen LogP contribution in [0.4, 0.5) is 0 Å². The molecule has 1 rings (SSSR count). The molecule has 1 aromatic rings. The molecule has 66 valence electrons. The average molecular weight is 175 g/mol. The molecule has 0 fully saturated rings. The van der Waals surface area contributed by atoms with Crippen molar-refractivity contribution in [1.82, 2.24) is 0 Å². The second-order valence-electron chi connectivity index (χ2n) is 2.39. The summed E-state index contributed by atoms with van der Waals surface area (Å²) in [6, 6.07) is 6.31. The summed E-state index contributed by atoms with van der Waals surface area (Å²) < 4.78 is 5.18. The number of nitriles is 1. The first kappa shape index (κ1) is 9.14. The Morgan fingerprint density at radius 1 is 1.62 bits per heavy atom. The zero-order valence-electron chi connectivity index (χ0n) is 7.03. The number of nitrogens with zero attached hydrogens (tertiary/aromatic N) is 1. The maximum atomic E-state index is 9.07. The van der Waals surface area contributed by atoms with Gasteiger partial charge < -0.3 is 9.84 Å². The quantitative estimate of drug-likeness (QED) is 0.713. The van der Waals surface area contributed by atoms with Crippen molar-refractivity contribution in [3.8, 4) is 17.6 Å². The first-order chi connectivity index (χ1) is 6.27. The Balaban J connectivity index is 2.94. The maximum absolute atomic E-state index is 9.07. The highest BCUT2D eigenvalue weighted by Crippen LogP contribution is 2.22. The summed E-state index contributed by atoms with van der Waals surface area (Å²) in [4.78, 5) is 0. The van der Waals surface area contributed by atoms with Gasteiger partial charge in [0.15, 0.2) is 0 Å². The summed E-state index contributed by atoms with van der Waals surface area (Å²) in [6.07, 6.45) is 1.59. The predicted molar refractivity (Wildman–Crippen MR) is 48.5 cm³/mol. The van der Waals surface area contributed by atoms with Crippen molar-refractivity contribution in [3.05, 3.63) is 36.4 Å². The van der Waals surface area contributed by atoms with E-state index in [1.807, 2.05) is 6.07 Å². The number of hydrogen-bond acceptors (Lipinski definition) is 3. The van der Waals surface area contributed by atoms with E-state index in [2.05, 4.69) is 6.58 Å². The lowest BCUT2D eigenvalue weighted by Crippen LogP contribution is -1.94. The molecule has 0 saturated carbocycles. The van der Waals surface area contributed by atoms with E-state index in [1.165, 1.54) is 12.1 Å². The largest absolute Gasteiger partial charge is 0.508 e. The molecular weight excluding hydrogens is 166 g/mol. The molecule has 0 bridgehead atoms. The van der Waals surface area contributed by atoms with E-state index in [0.29, 0.717) is 17.9 Å². The summed E-state index contributed by atoms with van der Waals surface area (Å²) >= 11 is 0. The molecule has 1 aromatic carbocycles. The normalized spacial score (nSPS) is 8.85. The predicted octanol–water partition coefficient (Wildman–Crippen LogP) is 1.83. The number of benzene rings is 1. The van der Waals surface area contributed by atoms with E-state index >= 15 is 0 Å². The summed E-state index contributed by atoms with van der Waals surface area (Å²) in [5, 5.41) is 17.7. The van der Waals surface area contributed by atoms with Gasteiger partial charge in [-0.15, -0.1) is 0 Å². The van der Waals surface area contributed by atoms with Gasteiger partial charge in [-0.2, -0.15) is 5.26 Å². The minimum absolute atomic E-state index is 0.0579. The van der Waals surface area contributed by atoms with Crippen LogP contribution in [0.15, 0.2) is 30.9 Å². The lowest BCUT2D eigenvalue weighted by atomic mass is 10.2. The van der Waals surface area contributed by atoms with Crippen molar-refractivity contribution in [2.45, 2.75) is 0 Å². The van der Waals surface area contributed by atoms with Crippen molar-refractivity contribution in [2.75, 3.05) is 6.61 Å². The fraction of sp³-hybridized carbons (Fsp3) is 0.100. The van der Waals surface area contributed by atoms with Crippen LogP contribution in [0, 0.1) is 11.3 Å². The van der Waals surface area contributed by atoms with Crippen LogP contribution in [0.3, 0.4) is 0 Å². The van der Waals surface area contributed by atoms with E-state index in [9.17, 15) is 0 Å². The molecule has 3 heteroatoms. The molecular formula is C10H9NO2. The van der Waals surface area contributed by atoms with Crippen molar-refractivity contribution in [3.63, 3.8) is 0 Å². The number of rotatable bonds is 3. The molecule has 0 atom stereocenters. The van der Waals surface area contributed by atoms with Gasteiger partial charge in [0.25, 0.3) is 0 Å². The Bertz CT molecular complexity index is 352. The van der Waals surface area contributed by atoms with Gasteiger partial charge in [-0.25, -0.2) is 0 Å². The average Bonchev–Trinajstić information content (AvgIpc) is 2.16. The third-order valence-electron chi connectivity index (χ3n) is 1.44. The van der Waals surface area contributed by atoms with Crippen LogP contribution in [-0.2, 0) is 0 Å². The number of phenols is 1. The molecule has 3 nitrogen and oxygen atoms in total. The van der Waals surface area contributed by atoms with Crippen LogP contribution in [-0.4, -0.2) is 11.7 Å². The van der Waals surface area contributed by atoms with Crippen molar-refractivity contribution in [1.29, 1.82) is 5.26 Å². The summed E-state index contributed by atoms with van der Waals surface area (Å²) in [5.41, 5.74) is 0.321. The minimum Gasteiger partial charge on any atom is -0.508 e. The van der Waals surface area contributed by atoms with Gasteiger partial charge in [-0.3, -0.25) is 0 Å². The monoisotopic (exact) mass is 175 g/mol. The standard InChI is InChI=1S/C10H9NO2/c1-2-5-13-10-4-3-9(12)6-8(10)7-11/h2-4,6,12H,1,5H2. The lowest BCUT2D eigenvalue weighted by molar-refractivity contribution is 0.361. The second kappa shape index (κ2) is 4.17. The van der Waals surface area contributed by atoms with Crippen molar-refractivity contribution in [2.24, 2.45) is 0 Å². The molecule has 0 radical (unpaired) electrons. The van der Waals surface area contributed by atoms with Gasteiger partial charge in [-0.05, 0) is 12.1 Å².